The molecule has 88 valence electrons. The average Bonchev–Trinajstić information content (AvgIpc) is 2.29. The Morgan fingerprint density at radius 2 is 2.06 bits per heavy atom. The monoisotopic (exact) mass is 227 g/mol. The molecule has 0 aromatic heterocycles. The molecule has 1 aromatic rings. The van der Waals surface area contributed by atoms with Crippen LogP contribution in [0.25, 0.3) is 0 Å². The van der Waals surface area contributed by atoms with E-state index in [0.717, 1.165) is 0 Å². The van der Waals surface area contributed by atoms with E-state index in [0.29, 0.717) is 12.4 Å². The standard InChI is InChI=1S/C11H14FNO3/c1-3-15-13-11(14)8(2)16-10-6-4-9(12)5-7-10/h4-8H,3H2,1-2H3,(H,13,14)/t8-/m0/s1. The highest BCUT2D eigenvalue weighted by molar-refractivity contribution is 5.79. The fraction of sp³-hybridized carbons (Fsp3) is 0.364. The van der Waals surface area contributed by atoms with Gasteiger partial charge in [-0.1, -0.05) is 0 Å². The van der Waals surface area contributed by atoms with Gasteiger partial charge in [0.2, 0.25) is 0 Å². The Morgan fingerprint density at radius 1 is 1.44 bits per heavy atom. The minimum atomic E-state index is -0.697. The van der Waals surface area contributed by atoms with Crippen molar-refractivity contribution in [2.75, 3.05) is 6.61 Å². The Bertz CT molecular complexity index is 340. The zero-order valence-corrected chi connectivity index (χ0v) is 9.20. The topological polar surface area (TPSA) is 47.6 Å². The molecule has 0 saturated carbocycles. The van der Waals surface area contributed by atoms with E-state index in [1.54, 1.807) is 13.8 Å². The van der Waals surface area contributed by atoms with Gasteiger partial charge in [0, 0.05) is 0 Å². The van der Waals surface area contributed by atoms with Crippen LogP contribution < -0.4 is 10.2 Å². The second kappa shape index (κ2) is 6.07. The van der Waals surface area contributed by atoms with Crippen molar-refractivity contribution < 1.29 is 18.8 Å². The lowest BCUT2D eigenvalue weighted by molar-refractivity contribution is -0.139. The van der Waals surface area contributed by atoms with Crippen molar-refractivity contribution in [1.29, 1.82) is 0 Å². The van der Waals surface area contributed by atoms with Crippen molar-refractivity contribution in [3.63, 3.8) is 0 Å². The molecule has 1 aromatic carbocycles. The summed E-state index contributed by atoms with van der Waals surface area (Å²) < 4.78 is 17.9. The smallest absolute Gasteiger partial charge is 0.284 e. The molecule has 1 N–H and O–H groups in total. The van der Waals surface area contributed by atoms with Gasteiger partial charge in [0.1, 0.15) is 11.6 Å². The van der Waals surface area contributed by atoms with Gasteiger partial charge in [0.15, 0.2) is 6.10 Å². The molecular formula is C11H14FNO3. The molecule has 1 atom stereocenters. The first-order valence-corrected chi connectivity index (χ1v) is 4.97. The van der Waals surface area contributed by atoms with E-state index in [1.165, 1.54) is 24.3 Å². The molecule has 0 bridgehead atoms. The van der Waals surface area contributed by atoms with Crippen molar-refractivity contribution in [1.82, 2.24) is 5.48 Å². The van der Waals surface area contributed by atoms with Crippen molar-refractivity contribution in [2.24, 2.45) is 0 Å². The van der Waals surface area contributed by atoms with Crippen LogP contribution in [0.2, 0.25) is 0 Å². The maximum absolute atomic E-state index is 12.6. The van der Waals surface area contributed by atoms with Crippen LogP contribution in [-0.2, 0) is 9.63 Å². The normalized spacial score (nSPS) is 11.9. The number of halogens is 1. The third-order valence-electron chi connectivity index (χ3n) is 1.81. The summed E-state index contributed by atoms with van der Waals surface area (Å²) in [5.74, 6) is -0.300. The van der Waals surface area contributed by atoms with Gasteiger partial charge in [-0.25, -0.2) is 9.87 Å². The number of carbonyl (C=O) groups excluding carboxylic acids is 1. The molecule has 0 radical (unpaired) electrons. The number of hydrogen-bond acceptors (Lipinski definition) is 3. The maximum Gasteiger partial charge on any atom is 0.284 e. The highest BCUT2D eigenvalue weighted by Crippen LogP contribution is 2.12. The molecular weight excluding hydrogens is 213 g/mol. The van der Waals surface area contributed by atoms with Gasteiger partial charge < -0.3 is 4.74 Å². The largest absolute Gasteiger partial charge is 0.481 e. The van der Waals surface area contributed by atoms with Crippen molar-refractivity contribution in [3.8, 4) is 5.75 Å². The van der Waals surface area contributed by atoms with Gasteiger partial charge in [-0.15, -0.1) is 0 Å². The maximum atomic E-state index is 12.6. The van der Waals surface area contributed by atoms with Crippen LogP contribution in [0, 0.1) is 5.82 Å². The number of hydrogen-bond donors (Lipinski definition) is 1. The SMILES string of the molecule is CCONC(=O)[C@H](C)Oc1ccc(F)cc1. The van der Waals surface area contributed by atoms with Gasteiger partial charge in [0.25, 0.3) is 5.91 Å². The number of ether oxygens (including phenoxy) is 1. The third kappa shape index (κ3) is 3.86. The summed E-state index contributed by atoms with van der Waals surface area (Å²) in [5.41, 5.74) is 2.23. The summed E-state index contributed by atoms with van der Waals surface area (Å²) in [6.45, 7) is 3.72. The highest BCUT2D eigenvalue weighted by atomic mass is 19.1. The first-order valence-electron chi connectivity index (χ1n) is 4.97. The molecule has 0 fully saturated rings. The van der Waals surface area contributed by atoms with Crippen molar-refractivity contribution >= 4 is 5.91 Å². The zero-order valence-electron chi connectivity index (χ0n) is 9.20. The lowest BCUT2D eigenvalue weighted by atomic mass is 10.3. The molecule has 0 aliphatic heterocycles. The third-order valence-corrected chi connectivity index (χ3v) is 1.81. The fourth-order valence-corrected chi connectivity index (χ4v) is 0.997. The Labute approximate surface area is 93.3 Å². The Balaban J connectivity index is 2.47. The molecule has 0 spiro atoms. The van der Waals surface area contributed by atoms with Crippen molar-refractivity contribution in [2.45, 2.75) is 20.0 Å². The number of amides is 1. The average molecular weight is 227 g/mol. The fourth-order valence-electron chi connectivity index (χ4n) is 0.997. The van der Waals surface area contributed by atoms with E-state index in [9.17, 15) is 9.18 Å². The molecule has 0 saturated heterocycles. The molecule has 0 aliphatic carbocycles. The van der Waals surface area contributed by atoms with Crippen LogP contribution >= 0.6 is 0 Å². The lowest BCUT2D eigenvalue weighted by Crippen LogP contribution is -2.36. The van der Waals surface area contributed by atoms with Gasteiger partial charge in [-0.2, -0.15) is 0 Å². The summed E-state index contributed by atoms with van der Waals surface area (Å²) in [7, 11) is 0. The number of rotatable bonds is 5. The predicted octanol–water partition coefficient (Wildman–Crippen LogP) is 1.66. The minimum Gasteiger partial charge on any atom is -0.481 e. The van der Waals surface area contributed by atoms with E-state index in [1.807, 2.05) is 0 Å². The highest BCUT2D eigenvalue weighted by Gasteiger charge is 2.14. The Hall–Kier alpha value is -1.62. The van der Waals surface area contributed by atoms with E-state index in [2.05, 4.69) is 5.48 Å². The van der Waals surface area contributed by atoms with Crippen LogP contribution in [0.3, 0.4) is 0 Å². The summed E-state index contributed by atoms with van der Waals surface area (Å²) in [6, 6.07) is 5.45. The van der Waals surface area contributed by atoms with E-state index in [4.69, 9.17) is 9.57 Å². The molecule has 0 unspecified atom stereocenters. The molecule has 1 amide bonds. The Morgan fingerprint density at radius 3 is 2.62 bits per heavy atom. The van der Waals surface area contributed by atoms with Crippen LogP contribution in [-0.4, -0.2) is 18.6 Å². The molecule has 1 rings (SSSR count). The van der Waals surface area contributed by atoms with Gasteiger partial charge in [-0.05, 0) is 38.1 Å². The van der Waals surface area contributed by atoms with Crippen LogP contribution in [0.5, 0.6) is 5.75 Å². The summed E-state index contributed by atoms with van der Waals surface area (Å²) in [4.78, 5) is 16.1. The zero-order chi connectivity index (χ0) is 12.0. The number of carbonyl (C=O) groups is 1. The second-order valence-electron chi connectivity index (χ2n) is 3.11. The van der Waals surface area contributed by atoms with Gasteiger partial charge in [0.05, 0.1) is 6.61 Å². The number of hydroxylamine groups is 1. The quantitative estimate of drug-likeness (QED) is 0.778. The van der Waals surface area contributed by atoms with Gasteiger partial charge >= 0.3 is 0 Å². The summed E-state index contributed by atoms with van der Waals surface area (Å²) >= 11 is 0. The summed E-state index contributed by atoms with van der Waals surface area (Å²) in [5, 5.41) is 0. The summed E-state index contributed by atoms with van der Waals surface area (Å²) in [6.07, 6.45) is -0.697. The van der Waals surface area contributed by atoms with Crippen LogP contribution in [0.1, 0.15) is 13.8 Å². The van der Waals surface area contributed by atoms with Crippen LogP contribution in [0.15, 0.2) is 24.3 Å². The second-order valence-corrected chi connectivity index (χ2v) is 3.11. The molecule has 4 nitrogen and oxygen atoms in total. The van der Waals surface area contributed by atoms with Crippen LogP contribution in [0.4, 0.5) is 4.39 Å². The van der Waals surface area contributed by atoms with E-state index < -0.39 is 6.10 Å². The molecule has 0 heterocycles. The first kappa shape index (κ1) is 12.4. The molecule has 0 aliphatic rings. The molecule has 16 heavy (non-hydrogen) atoms. The van der Waals surface area contributed by atoms with E-state index >= 15 is 0 Å². The first-order chi connectivity index (χ1) is 7.63. The van der Waals surface area contributed by atoms with Gasteiger partial charge in [-0.3, -0.25) is 9.63 Å². The lowest BCUT2D eigenvalue weighted by Gasteiger charge is -2.13. The van der Waals surface area contributed by atoms with Crippen molar-refractivity contribution in [3.05, 3.63) is 30.1 Å². The molecule has 5 heteroatoms. The Kier molecular flexibility index (Phi) is 4.72. The van der Waals surface area contributed by atoms with E-state index in [-0.39, 0.29) is 11.7 Å². The number of nitrogens with one attached hydrogen (secondary N) is 1. The number of benzene rings is 1. The predicted molar refractivity (Wildman–Crippen MR) is 56.3 cm³/mol. The minimum absolute atomic E-state index is 0.348.